The Balaban J connectivity index is 2.14. The minimum Gasteiger partial charge on any atom is -0.453 e. The number of aliphatic hydroxyl groups is 1. The van der Waals surface area contributed by atoms with Gasteiger partial charge in [-0.3, -0.25) is 4.79 Å². The molecule has 7 heteroatoms. The van der Waals surface area contributed by atoms with E-state index in [1.165, 1.54) is 0 Å². The number of methoxy groups -OCH3 is 1. The molecular weight excluding hydrogens is 360 g/mol. The predicted molar refractivity (Wildman–Crippen MR) is 106 cm³/mol. The lowest BCUT2D eigenvalue weighted by Crippen LogP contribution is -2.17. The summed E-state index contributed by atoms with van der Waals surface area (Å²) in [6.45, 7) is 11.2. The van der Waals surface area contributed by atoms with Gasteiger partial charge in [0.05, 0.1) is 18.8 Å². The maximum atomic E-state index is 12.6. The van der Waals surface area contributed by atoms with Crippen LogP contribution in [0.25, 0.3) is 0 Å². The number of esters is 1. The van der Waals surface area contributed by atoms with Crippen molar-refractivity contribution >= 4 is 11.8 Å². The smallest absolute Gasteiger partial charge is 0.355 e. The van der Waals surface area contributed by atoms with Crippen LogP contribution < -0.4 is 0 Å². The second-order valence-corrected chi connectivity index (χ2v) is 7.30. The van der Waals surface area contributed by atoms with Crippen molar-refractivity contribution in [1.29, 1.82) is 0 Å². The molecule has 0 fully saturated rings. The van der Waals surface area contributed by atoms with Crippen molar-refractivity contribution in [3.8, 4) is 0 Å². The number of carbonyl (C=O) groups excluding carboxylic acids is 2. The van der Waals surface area contributed by atoms with Crippen LogP contribution in [0.1, 0.15) is 75.0 Å². The Hall–Kier alpha value is -2.38. The molecule has 7 nitrogen and oxygen atoms in total. The molecule has 0 bridgehead atoms. The van der Waals surface area contributed by atoms with Crippen molar-refractivity contribution in [1.82, 2.24) is 9.55 Å². The van der Waals surface area contributed by atoms with E-state index in [0.29, 0.717) is 29.0 Å². The number of hydrogen-bond donors (Lipinski definition) is 2. The summed E-state index contributed by atoms with van der Waals surface area (Å²) < 4.78 is 12.5. The van der Waals surface area contributed by atoms with Gasteiger partial charge < -0.3 is 24.1 Å². The highest BCUT2D eigenvalue weighted by molar-refractivity contribution is 6.00. The third-order valence-corrected chi connectivity index (χ3v) is 5.09. The number of aryl methyl sites for hydroxylation is 2. The number of hydrogen-bond acceptors (Lipinski definition) is 5. The van der Waals surface area contributed by atoms with E-state index < -0.39 is 12.1 Å². The second-order valence-electron chi connectivity index (χ2n) is 7.30. The van der Waals surface area contributed by atoms with E-state index in [0.717, 1.165) is 11.4 Å². The topological polar surface area (TPSA) is 93.5 Å². The Bertz CT molecular complexity index is 876. The maximum Gasteiger partial charge on any atom is 0.355 e. The van der Waals surface area contributed by atoms with Gasteiger partial charge in [-0.05, 0) is 53.2 Å². The molecule has 0 aliphatic rings. The van der Waals surface area contributed by atoms with Gasteiger partial charge in [0.2, 0.25) is 5.78 Å². The molecule has 2 N–H and O–H groups in total. The Morgan fingerprint density at radius 1 is 1.21 bits per heavy atom. The third-order valence-electron chi connectivity index (χ3n) is 5.09. The maximum absolute atomic E-state index is 12.6. The van der Waals surface area contributed by atoms with Gasteiger partial charge >= 0.3 is 5.97 Å². The van der Waals surface area contributed by atoms with Gasteiger partial charge in [0.15, 0.2) is 6.61 Å². The number of Topliss-reactive ketones (excluding diaryl/α,β-unsaturated/α-hetero) is 1. The lowest BCUT2D eigenvalue weighted by molar-refractivity contribution is 0.0468. The summed E-state index contributed by atoms with van der Waals surface area (Å²) in [5, 5.41) is 9.85. The highest BCUT2D eigenvalue weighted by Crippen LogP contribution is 2.25. The quantitative estimate of drug-likeness (QED) is 0.533. The molecule has 28 heavy (non-hydrogen) atoms. The van der Waals surface area contributed by atoms with E-state index in [2.05, 4.69) is 4.98 Å². The van der Waals surface area contributed by atoms with Gasteiger partial charge in [0.1, 0.15) is 5.69 Å². The number of ketones is 1. The molecule has 0 amide bonds. The van der Waals surface area contributed by atoms with E-state index in [9.17, 15) is 14.7 Å². The monoisotopic (exact) mass is 390 g/mol. The standard InChI is InChI=1S/C21H30N2O5/c1-11-8-17(15(5)23(11)12(2)9-27-7)18(25)10-28-21(26)20-13(3)19(16(6)24)14(4)22-20/h8,12,16,22,24H,9-10H2,1-7H3/t12-,16+/m1/s1. The number of nitrogens with one attached hydrogen (secondary N) is 1. The number of carbonyl (C=O) groups is 2. The molecule has 0 aromatic carbocycles. The fraction of sp³-hybridized carbons (Fsp3) is 0.524. The molecule has 154 valence electrons. The first-order valence-corrected chi connectivity index (χ1v) is 9.34. The van der Waals surface area contributed by atoms with Crippen LogP contribution in [0.4, 0.5) is 0 Å². The largest absolute Gasteiger partial charge is 0.453 e. The number of aliphatic hydroxyl groups excluding tert-OH is 1. The molecule has 2 aromatic heterocycles. The van der Waals surface area contributed by atoms with Crippen LogP contribution in [0.3, 0.4) is 0 Å². The van der Waals surface area contributed by atoms with Crippen LogP contribution in [-0.4, -0.2) is 46.7 Å². The molecule has 0 unspecified atom stereocenters. The van der Waals surface area contributed by atoms with Gasteiger partial charge in [-0.2, -0.15) is 0 Å². The van der Waals surface area contributed by atoms with Crippen LogP contribution in [0.5, 0.6) is 0 Å². The summed E-state index contributed by atoms with van der Waals surface area (Å²) in [6, 6.07) is 1.91. The normalized spacial score (nSPS) is 13.4. The first kappa shape index (κ1) is 21.9. The zero-order valence-corrected chi connectivity index (χ0v) is 17.7. The lowest BCUT2D eigenvalue weighted by Gasteiger charge is -2.17. The summed E-state index contributed by atoms with van der Waals surface area (Å²) in [7, 11) is 1.64. The van der Waals surface area contributed by atoms with Crippen LogP contribution in [0, 0.1) is 27.7 Å². The lowest BCUT2D eigenvalue weighted by atomic mass is 10.1. The zero-order valence-electron chi connectivity index (χ0n) is 17.7. The number of aromatic nitrogens is 2. The number of ether oxygens (including phenoxy) is 2. The summed E-state index contributed by atoms with van der Waals surface area (Å²) >= 11 is 0. The molecule has 0 radical (unpaired) electrons. The summed E-state index contributed by atoms with van der Waals surface area (Å²) in [5.41, 5.74) is 4.60. The first-order valence-electron chi connectivity index (χ1n) is 9.34. The Morgan fingerprint density at radius 2 is 1.86 bits per heavy atom. The van der Waals surface area contributed by atoms with Gasteiger partial charge in [-0.15, -0.1) is 0 Å². The van der Waals surface area contributed by atoms with Crippen LogP contribution in [-0.2, 0) is 9.47 Å². The van der Waals surface area contributed by atoms with E-state index in [4.69, 9.17) is 9.47 Å². The van der Waals surface area contributed by atoms with E-state index in [1.54, 1.807) is 27.9 Å². The molecule has 2 atom stereocenters. The predicted octanol–water partition coefficient (Wildman–Crippen LogP) is 3.35. The molecule has 2 aromatic rings. The molecule has 0 aliphatic heterocycles. The van der Waals surface area contributed by atoms with E-state index in [-0.39, 0.29) is 24.1 Å². The average molecular weight is 390 g/mol. The number of nitrogens with zero attached hydrogens (tertiary/aromatic N) is 1. The fourth-order valence-electron chi connectivity index (χ4n) is 3.93. The van der Waals surface area contributed by atoms with Crippen molar-refractivity contribution in [2.24, 2.45) is 0 Å². The van der Waals surface area contributed by atoms with Crippen LogP contribution >= 0.6 is 0 Å². The van der Waals surface area contributed by atoms with Gasteiger partial charge in [-0.1, -0.05) is 0 Å². The van der Waals surface area contributed by atoms with Crippen molar-refractivity contribution in [2.75, 3.05) is 20.3 Å². The molecule has 0 saturated carbocycles. The average Bonchev–Trinajstić information content (AvgIpc) is 3.08. The minimum absolute atomic E-state index is 0.0949. The van der Waals surface area contributed by atoms with Crippen molar-refractivity contribution in [3.05, 3.63) is 45.5 Å². The molecule has 2 rings (SSSR count). The molecule has 2 heterocycles. The molecule has 0 saturated heterocycles. The number of rotatable bonds is 8. The highest BCUT2D eigenvalue weighted by atomic mass is 16.5. The van der Waals surface area contributed by atoms with Crippen molar-refractivity contribution in [2.45, 2.75) is 53.7 Å². The summed E-state index contributed by atoms with van der Waals surface area (Å²) in [4.78, 5) is 28.0. The Morgan fingerprint density at radius 3 is 2.39 bits per heavy atom. The highest BCUT2D eigenvalue weighted by Gasteiger charge is 2.23. The summed E-state index contributed by atoms with van der Waals surface area (Å²) in [5.74, 6) is -0.864. The number of aromatic amines is 1. The van der Waals surface area contributed by atoms with E-state index >= 15 is 0 Å². The fourth-order valence-corrected chi connectivity index (χ4v) is 3.93. The van der Waals surface area contributed by atoms with Gasteiger partial charge in [0, 0.05) is 35.3 Å². The SMILES string of the molecule is COC[C@@H](C)n1c(C)cc(C(=O)COC(=O)c2[nH]c(C)c([C@H](C)O)c2C)c1C. The minimum atomic E-state index is -0.695. The first-order chi connectivity index (χ1) is 13.1. The Kier molecular flexibility index (Phi) is 6.85. The van der Waals surface area contributed by atoms with Crippen molar-refractivity contribution < 1.29 is 24.2 Å². The van der Waals surface area contributed by atoms with Gasteiger partial charge in [0.25, 0.3) is 0 Å². The van der Waals surface area contributed by atoms with Crippen LogP contribution in [0.2, 0.25) is 0 Å². The molecule has 0 spiro atoms. The van der Waals surface area contributed by atoms with E-state index in [1.807, 2.05) is 31.4 Å². The zero-order chi connectivity index (χ0) is 21.2. The number of H-pyrrole nitrogens is 1. The van der Waals surface area contributed by atoms with Crippen LogP contribution in [0.15, 0.2) is 6.07 Å². The van der Waals surface area contributed by atoms with Crippen molar-refractivity contribution in [3.63, 3.8) is 0 Å². The third kappa shape index (κ3) is 4.20. The molecule has 0 aliphatic carbocycles. The summed E-state index contributed by atoms with van der Waals surface area (Å²) in [6.07, 6.45) is -0.695. The van der Waals surface area contributed by atoms with Gasteiger partial charge in [-0.25, -0.2) is 4.79 Å². The second kappa shape index (κ2) is 8.75. The Labute approximate surface area is 165 Å². The molecular formula is C21H30N2O5.